The third-order valence-corrected chi connectivity index (χ3v) is 6.10. The van der Waals surface area contributed by atoms with Crippen LogP contribution in [0.4, 0.5) is 0 Å². The Bertz CT molecular complexity index is 1130. The fraction of sp³-hybridized carbons (Fsp3) is 0.625. The molecular formula is C16H24N6O6S. The second-order valence-electron chi connectivity index (χ2n) is 6.86. The lowest BCUT2D eigenvalue weighted by molar-refractivity contribution is -0.119. The summed E-state index contributed by atoms with van der Waals surface area (Å²) in [7, 11) is -0.908. The average molecular weight is 428 g/mol. The smallest absolute Gasteiger partial charge is 0.332 e. The number of amides is 1. The Morgan fingerprint density at radius 3 is 2.55 bits per heavy atom. The minimum absolute atomic E-state index is 0.0504. The van der Waals surface area contributed by atoms with Crippen LogP contribution >= 0.6 is 0 Å². The molecule has 1 aliphatic rings. The van der Waals surface area contributed by atoms with Crippen LogP contribution in [-0.4, -0.2) is 76.5 Å². The number of hydrogen-bond acceptors (Lipinski definition) is 8. The van der Waals surface area contributed by atoms with Crippen molar-refractivity contribution in [1.29, 1.82) is 0 Å². The molecule has 1 aliphatic heterocycles. The van der Waals surface area contributed by atoms with Gasteiger partial charge >= 0.3 is 5.69 Å². The van der Waals surface area contributed by atoms with Crippen molar-refractivity contribution in [2.75, 3.05) is 38.6 Å². The van der Waals surface area contributed by atoms with Crippen LogP contribution in [0.15, 0.2) is 15.9 Å². The molecule has 0 aliphatic carbocycles. The number of aromatic nitrogens is 4. The summed E-state index contributed by atoms with van der Waals surface area (Å²) in [5.41, 5.74) is -0.648. The van der Waals surface area contributed by atoms with Gasteiger partial charge in [-0.15, -0.1) is 0 Å². The molecule has 3 rings (SSSR count). The van der Waals surface area contributed by atoms with E-state index in [2.05, 4.69) is 9.71 Å². The molecule has 29 heavy (non-hydrogen) atoms. The Balaban J connectivity index is 1.62. The predicted octanol–water partition coefficient (Wildman–Crippen LogP) is -2.40. The molecule has 0 saturated carbocycles. The number of fused-ring (bicyclic) bond motifs is 1. The van der Waals surface area contributed by atoms with Gasteiger partial charge in [0.05, 0.1) is 25.3 Å². The zero-order valence-corrected chi connectivity index (χ0v) is 17.1. The fourth-order valence-electron chi connectivity index (χ4n) is 3.14. The van der Waals surface area contributed by atoms with Gasteiger partial charge in [-0.05, 0) is 0 Å². The first-order chi connectivity index (χ1) is 13.7. The Hall–Kier alpha value is -2.51. The first kappa shape index (κ1) is 21.2. The number of nitrogens with zero attached hydrogens (tertiary/aromatic N) is 5. The molecule has 0 atom stereocenters. The third kappa shape index (κ3) is 4.74. The van der Waals surface area contributed by atoms with Crippen LogP contribution in [0.2, 0.25) is 0 Å². The first-order valence-electron chi connectivity index (χ1n) is 9.14. The number of carbonyl (C=O) groups is 1. The summed E-state index contributed by atoms with van der Waals surface area (Å²) in [5, 5.41) is 0. The Morgan fingerprint density at radius 2 is 1.86 bits per heavy atom. The average Bonchev–Trinajstić information content (AvgIpc) is 3.12. The highest BCUT2D eigenvalue weighted by molar-refractivity contribution is 7.90. The summed E-state index contributed by atoms with van der Waals surface area (Å²) in [6, 6.07) is 0. The van der Waals surface area contributed by atoms with Crippen LogP contribution in [0.1, 0.15) is 6.42 Å². The summed E-state index contributed by atoms with van der Waals surface area (Å²) >= 11 is 0. The number of morpholine rings is 1. The van der Waals surface area contributed by atoms with Gasteiger partial charge in [0.1, 0.15) is 0 Å². The van der Waals surface area contributed by atoms with Crippen molar-refractivity contribution in [3.63, 3.8) is 0 Å². The summed E-state index contributed by atoms with van der Waals surface area (Å²) in [5.74, 6) is -0.856. The lowest BCUT2D eigenvalue weighted by atomic mass is 10.4. The van der Waals surface area contributed by atoms with Gasteiger partial charge in [-0.25, -0.2) is 18.2 Å². The van der Waals surface area contributed by atoms with E-state index in [-0.39, 0.29) is 29.9 Å². The van der Waals surface area contributed by atoms with Crippen molar-refractivity contribution < 1.29 is 17.9 Å². The van der Waals surface area contributed by atoms with Gasteiger partial charge in [-0.3, -0.25) is 28.3 Å². The lowest BCUT2D eigenvalue weighted by Crippen LogP contribution is -2.42. The topological polar surface area (TPSA) is 138 Å². The van der Waals surface area contributed by atoms with E-state index in [1.165, 1.54) is 29.6 Å². The minimum atomic E-state index is -3.76. The Kier molecular flexibility index (Phi) is 6.19. The van der Waals surface area contributed by atoms with Crippen LogP contribution in [-0.2, 0) is 40.2 Å². The molecule has 1 amide bonds. The lowest BCUT2D eigenvalue weighted by Gasteiger charge is -2.26. The third-order valence-electron chi connectivity index (χ3n) is 4.85. The van der Waals surface area contributed by atoms with Gasteiger partial charge in [0.25, 0.3) is 5.56 Å². The Labute approximate surface area is 166 Å². The maximum atomic E-state index is 12.4. The fourth-order valence-corrected chi connectivity index (χ4v) is 4.19. The van der Waals surface area contributed by atoms with E-state index in [4.69, 9.17) is 4.74 Å². The number of rotatable bonds is 7. The SMILES string of the molecule is Cn1c(=O)c2c(ncn2CCC(=O)NS(=O)(=O)CCN2CCOCC2)n(C)c1=O. The van der Waals surface area contributed by atoms with E-state index >= 15 is 0 Å². The monoisotopic (exact) mass is 428 g/mol. The van der Waals surface area contributed by atoms with E-state index in [9.17, 15) is 22.8 Å². The molecule has 0 unspecified atom stereocenters. The van der Waals surface area contributed by atoms with E-state index in [1.54, 1.807) is 0 Å². The number of imidazole rings is 1. The van der Waals surface area contributed by atoms with Crippen molar-refractivity contribution in [1.82, 2.24) is 28.3 Å². The van der Waals surface area contributed by atoms with Crippen molar-refractivity contribution in [3.05, 3.63) is 27.2 Å². The molecule has 0 aromatic carbocycles. The molecule has 3 heterocycles. The van der Waals surface area contributed by atoms with Crippen LogP contribution in [0.25, 0.3) is 11.2 Å². The minimum Gasteiger partial charge on any atom is -0.379 e. The summed E-state index contributed by atoms with van der Waals surface area (Å²) < 4.78 is 35.2. The zero-order valence-electron chi connectivity index (χ0n) is 16.3. The van der Waals surface area contributed by atoms with E-state index < -0.39 is 27.2 Å². The second-order valence-corrected chi connectivity index (χ2v) is 8.71. The first-order valence-corrected chi connectivity index (χ1v) is 10.8. The molecule has 1 N–H and O–H groups in total. The molecule has 0 radical (unpaired) electrons. The summed E-state index contributed by atoms with van der Waals surface area (Å²) in [4.78, 5) is 42.5. The number of aryl methyl sites for hydroxylation is 2. The zero-order chi connectivity index (χ0) is 21.2. The number of carbonyl (C=O) groups excluding carboxylic acids is 1. The highest BCUT2D eigenvalue weighted by atomic mass is 32.2. The van der Waals surface area contributed by atoms with Crippen LogP contribution in [0, 0.1) is 0 Å². The molecule has 12 nitrogen and oxygen atoms in total. The molecule has 1 saturated heterocycles. The van der Waals surface area contributed by atoms with Crippen LogP contribution < -0.4 is 16.0 Å². The normalized spacial score (nSPS) is 15.7. The summed E-state index contributed by atoms with van der Waals surface area (Å²) in [6.07, 6.45) is 1.19. The largest absolute Gasteiger partial charge is 0.379 e. The van der Waals surface area contributed by atoms with Crippen molar-refractivity contribution in [2.45, 2.75) is 13.0 Å². The number of sulfonamides is 1. The molecule has 0 spiro atoms. The van der Waals surface area contributed by atoms with E-state index in [0.717, 1.165) is 4.57 Å². The van der Waals surface area contributed by atoms with Crippen LogP contribution in [0.3, 0.4) is 0 Å². The van der Waals surface area contributed by atoms with Gasteiger partial charge in [-0.2, -0.15) is 0 Å². The molecule has 1 fully saturated rings. The van der Waals surface area contributed by atoms with Crippen molar-refractivity contribution >= 4 is 27.1 Å². The highest BCUT2D eigenvalue weighted by Crippen LogP contribution is 2.06. The van der Waals surface area contributed by atoms with Crippen LogP contribution in [0.5, 0.6) is 0 Å². The van der Waals surface area contributed by atoms with Gasteiger partial charge in [-0.1, -0.05) is 0 Å². The van der Waals surface area contributed by atoms with Crippen molar-refractivity contribution in [3.8, 4) is 0 Å². The number of hydrogen-bond donors (Lipinski definition) is 1. The maximum absolute atomic E-state index is 12.4. The van der Waals surface area contributed by atoms with E-state index in [0.29, 0.717) is 32.8 Å². The summed E-state index contributed by atoms with van der Waals surface area (Å²) in [6.45, 7) is 2.83. The van der Waals surface area contributed by atoms with Gasteiger partial charge in [0, 0.05) is 46.7 Å². The quantitative estimate of drug-likeness (QED) is 0.515. The van der Waals surface area contributed by atoms with Gasteiger partial charge in [0.2, 0.25) is 15.9 Å². The van der Waals surface area contributed by atoms with Gasteiger partial charge < -0.3 is 9.30 Å². The molecular weight excluding hydrogens is 404 g/mol. The maximum Gasteiger partial charge on any atom is 0.332 e. The second kappa shape index (κ2) is 8.47. The standard InChI is InChI=1S/C16H24N6O6S/c1-19-14-13(15(24)20(2)16(19)25)22(11-17-14)4-3-12(23)18-29(26,27)10-7-21-5-8-28-9-6-21/h11H,3-10H2,1-2H3,(H,18,23). The van der Waals surface area contributed by atoms with E-state index in [1.807, 2.05) is 4.90 Å². The number of ether oxygens (including phenoxy) is 1. The predicted molar refractivity (Wildman–Crippen MR) is 104 cm³/mol. The molecule has 0 bridgehead atoms. The highest BCUT2D eigenvalue weighted by Gasteiger charge is 2.19. The Morgan fingerprint density at radius 1 is 1.17 bits per heavy atom. The van der Waals surface area contributed by atoms with Crippen molar-refractivity contribution in [2.24, 2.45) is 14.1 Å². The molecule has 2 aromatic rings. The van der Waals surface area contributed by atoms with Gasteiger partial charge in [0.15, 0.2) is 11.2 Å². The molecule has 160 valence electrons. The number of nitrogens with one attached hydrogen (secondary N) is 1. The molecule has 2 aromatic heterocycles. The molecule has 13 heteroatoms.